The standard InChI is InChI=1S/C7H13N3O2/c1-5(8-2)7-9-6(3-4-11)12-10-7/h5,8,11H,3-4H2,1-2H3. The van der Waals surface area contributed by atoms with Crippen LogP contribution in [0.15, 0.2) is 4.52 Å². The average molecular weight is 171 g/mol. The zero-order chi connectivity index (χ0) is 8.97. The molecular formula is C7H13N3O2. The predicted octanol–water partition coefficient (Wildman–Crippen LogP) is -0.115. The Labute approximate surface area is 70.8 Å². The first-order valence-electron chi connectivity index (χ1n) is 3.88. The first-order chi connectivity index (χ1) is 5.77. The first kappa shape index (κ1) is 9.15. The molecule has 5 heteroatoms. The molecule has 0 aliphatic carbocycles. The molecule has 1 rings (SSSR count). The van der Waals surface area contributed by atoms with Crippen LogP contribution in [-0.4, -0.2) is 28.9 Å². The molecule has 0 bridgehead atoms. The molecule has 68 valence electrons. The van der Waals surface area contributed by atoms with Gasteiger partial charge in [0.1, 0.15) is 0 Å². The van der Waals surface area contributed by atoms with E-state index >= 15 is 0 Å². The highest BCUT2D eigenvalue weighted by Gasteiger charge is 2.10. The summed E-state index contributed by atoms with van der Waals surface area (Å²) in [6, 6.07) is 0.0844. The van der Waals surface area contributed by atoms with Gasteiger partial charge in [-0.2, -0.15) is 4.98 Å². The zero-order valence-corrected chi connectivity index (χ0v) is 7.24. The molecule has 5 nitrogen and oxygen atoms in total. The van der Waals surface area contributed by atoms with Gasteiger partial charge >= 0.3 is 0 Å². The third kappa shape index (κ3) is 2.02. The number of aliphatic hydroxyl groups is 1. The Balaban J connectivity index is 2.63. The van der Waals surface area contributed by atoms with Gasteiger partial charge in [0.05, 0.1) is 19.1 Å². The minimum absolute atomic E-state index is 0.0373. The highest BCUT2D eigenvalue weighted by atomic mass is 16.5. The molecule has 0 radical (unpaired) electrons. The van der Waals surface area contributed by atoms with Gasteiger partial charge in [-0.3, -0.25) is 0 Å². The summed E-state index contributed by atoms with van der Waals surface area (Å²) in [5.41, 5.74) is 0. The molecule has 12 heavy (non-hydrogen) atoms. The maximum Gasteiger partial charge on any atom is 0.229 e. The Bertz CT molecular complexity index is 236. The number of hydrogen-bond donors (Lipinski definition) is 2. The molecule has 0 aromatic carbocycles. The molecule has 1 unspecified atom stereocenters. The maximum absolute atomic E-state index is 8.58. The molecule has 0 fully saturated rings. The van der Waals surface area contributed by atoms with Crippen molar-refractivity contribution >= 4 is 0 Å². The van der Waals surface area contributed by atoms with E-state index in [1.165, 1.54) is 0 Å². The van der Waals surface area contributed by atoms with Crippen LogP contribution >= 0.6 is 0 Å². The van der Waals surface area contributed by atoms with Crippen LogP contribution in [0.5, 0.6) is 0 Å². The van der Waals surface area contributed by atoms with Crippen molar-refractivity contribution in [1.29, 1.82) is 0 Å². The summed E-state index contributed by atoms with van der Waals surface area (Å²) in [5.74, 6) is 1.11. The molecule has 1 atom stereocenters. The Morgan fingerprint density at radius 3 is 3.00 bits per heavy atom. The van der Waals surface area contributed by atoms with Crippen molar-refractivity contribution in [2.45, 2.75) is 19.4 Å². The molecule has 0 amide bonds. The number of rotatable bonds is 4. The van der Waals surface area contributed by atoms with E-state index in [4.69, 9.17) is 9.63 Å². The number of nitrogens with zero attached hydrogens (tertiary/aromatic N) is 2. The van der Waals surface area contributed by atoms with Crippen molar-refractivity contribution in [3.05, 3.63) is 11.7 Å². The molecule has 0 spiro atoms. The van der Waals surface area contributed by atoms with Crippen molar-refractivity contribution in [2.24, 2.45) is 0 Å². The van der Waals surface area contributed by atoms with Crippen LogP contribution in [0.4, 0.5) is 0 Å². The molecule has 1 aromatic heterocycles. The van der Waals surface area contributed by atoms with E-state index in [0.29, 0.717) is 18.1 Å². The van der Waals surface area contributed by atoms with Gasteiger partial charge in [-0.25, -0.2) is 0 Å². The second-order valence-electron chi connectivity index (χ2n) is 2.53. The number of hydrogen-bond acceptors (Lipinski definition) is 5. The Morgan fingerprint density at radius 2 is 2.42 bits per heavy atom. The number of nitrogens with one attached hydrogen (secondary N) is 1. The van der Waals surface area contributed by atoms with Gasteiger partial charge in [-0.05, 0) is 14.0 Å². The fourth-order valence-electron chi connectivity index (χ4n) is 0.770. The lowest BCUT2D eigenvalue weighted by Crippen LogP contribution is -2.13. The summed E-state index contributed by atoms with van der Waals surface area (Å²) in [5, 5.41) is 15.3. The third-order valence-electron chi connectivity index (χ3n) is 1.63. The highest BCUT2D eigenvalue weighted by Crippen LogP contribution is 2.06. The quantitative estimate of drug-likeness (QED) is 0.661. The van der Waals surface area contributed by atoms with Gasteiger partial charge in [0.15, 0.2) is 5.82 Å². The SMILES string of the molecule is CNC(C)c1noc(CCO)n1. The lowest BCUT2D eigenvalue weighted by molar-refractivity contribution is 0.273. The number of aromatic nitrogens is 2. The van der Waals surface area contributed by atoms with E-state index < -0.39 is 0 Å². The lowest BCUT2D eigenvalue weighted by atomic mass is 10.3. The Hall–Kier alpha value is -0.940. The van der Waals surface area contributed by atoms with Crippen molar-refractivity contribution in [1.82, 2.24) is 15.5 Å². The Kier molecular flexibility index (Phi) is 3.19. The summed E-state index contributed by atoms with van der Waals surface area (Å²) in [6.07, 6.45) is 0.420. The normalized spacial score (nSPS) is 13.2. The van der Waals surface area contributed by atoms with Crippen LogP contribution in [0.2, 0.25) is 0 Å². The molecule has 0 aliphatic rings. The fraction of sp³-hybridized carbons (Fsp3) is 0.714. The van der Waals surface area contributed by atoms with Gasteiger partial charge in [0.25, 0.3) is 0 Å². The molecular weight excluding hydrogens is 158 g/mol. The topological polar surface area (TPSA) is 71.2 Å². The van der Waals surface area contributed by atoms with Crippen LogP contribution in [0, 0.1) is 0 Å². The summed E-state index contributed by atoms with van der Waals surface area (Å²) < 4.78 is 4.87. The van der Waals surface area contributed by atoms with Crippen LogP contribution in [0.1, 0.15) is 24.7 Å². The average Bonchev–Trinajstić information content (AvgIpc) is 2.52. The van der Waals surface area contributed by atoms with E-state index in [0.717, 1.165) is 0 Å². The minimum atomic E-state index is 0.0373. The fourth-order valence-corrected chi connectivity index (χ4v) is 0.770. The van der Waals surface area contributed by atoms with E-state index in [-0.39, 0.29) is 12.6 Å². The highest BCUT2D eigenvalue weighted by molar-refractivity contribution is 4.91. The summed E-state index contributed by atoms with van der Waals surface area (Å²) >= 11 is 0. The molecule has 1 heterocycles. The smallest absolute Gasteiger partial charge is 0.229 e. The molecule has 0 aliphatic heterocycles. The van der Waals surface area contributed by atoms with E-state index in [1.807, 2.05) is 14.0 Å². The van der Waals surface area contributed by atoms with Crippen LogP contribution in [0.3, 0.4) is 0 Å². The van der Waals surface area contributed by atoms with Crippen molar-refractivity contribution < 1.29 is 9.63 Å². The van der Waals surface area contributed by atoms with Crippen molar-refractivity contribution in [3.63, 3.8) is 0 Å². The van der Waals surface area contributed by atoms with Crippen molar-refractivity contribution in [2.75, 3.05) is 13.7 Å². The summed E-state index contributed by atoms with van der Waals surface area (Å²) in [7, 11) is 1.83. The maximum atomic E-state index is 8.58. The largest absolute Gasteiger partial charge is 0.396 e. The van der Waals surface area contributed by atoms with E-state index in [2.05, 4.69) is 15.5 Å². The van der Waals surface area contributed by atoms with Crippen LogP contribution in [-0.2, 0) is 6.42 Å². The second kappa shape index (κ2) is 4.18. The first-order valence-corrected chi connectivity index (χ1v) is 3.88. The van der Waals surface area contributed by atoms with E-state index in [1.54, 1.807) is 0 Å². The molecule has 0 saturated heterocycles. The van der Waals surface area contributed by atoms with Crippen LogP contribution in [0.25, 0.3) is 0 Å². The lowest BCUT2D eigenvalue weighted by Gasteiger charge is -2.01. The van der Waals surface area contributed by atoms with Gasteiger partial charge < -0.3 is 14.9 Å². The summed E-state index contributed by atoms with van der Waals surface area (Å²) in [4.78, 5) is 4.07. The third-order valence-corrected chi connectivity index (χ3v) is 1.63. The van der Waals surface area contributed by atoms with Gasteiger partial charge in [0, 0.05) is 0 Å². The van der Waals surface area contributed by atoms with Gasteiger partial charge in [0.2, 0.25) is 5.89 Å². The zero-order valence-electron chi connectivity index (χ0n) is 7.24. The second-order valence-corrected chi connectivity index (χ2v) is 2.53. The summed E-state index contributed by atoms with van der Waals surface area (Å²) in [6.45, 7) is 1.98. The predicted molar refractivity (Wildman–Crippen MR) is 42.6 cm³/mol. The molecule has 1 aromatic rings. The van der Waals surface area contributed by atoms with Gasteiger partial charge in [-0.1, -0.05) is 5.16 Å². The minimum Gasteiger partial charge on any atom is -0.396 e. The molecule has 2 N–H and O–H groups in total. The number of aliphatic hydroxyl groups excluding tert-OH is 1. The van der Waals surface area contributed by atoms with Crippen LogP contribution < -0.4 is 5.32 Å². The van der Waals surface area contributed by atoms with Crippen molar-refractivity contribution in [3.8, 4) is 0 Å². The monoisotopic (exact) mass is 171 g/mol. The van der Waals surface area contributed by atoms with E-state index in [9.17, 15) is 0 Å². The Morgan fingerprint density at radius 1 is 1.67 bits per heavy atom. The van der Waals surface area contributed by atoms with Gasteiger partial charge in [-0.15, -0.1) is 0 Å². The molecule has 0 saturated carbocycles.